The highest BCUT2D eigenvalue weighted by atomic mass is 127. The Morgan fingerprint density at radius 3 is 2.62 bits per heavy atom. The fourth-order valence-corrected chi connectivity index (χ4v) is 1.31. The van der Waals surface area contributed by atoms with Gasteiger partial charge in [-0.2, -0.15) is 18.3 Å². The third-order valence-corrected chi connectivity index (χ3v) is 2.03. The molecule has 0 radical (unpaired) electrons. The summed E-state index contributed by atoms with van der Waals surface area (Å²) in [6, 6.07) is 0. The number of alkyl halides is 3. The van der Waals surface area contributed by atoms with Gasteiger partial charge in [-0.1, -0.05) is 0 Å². The second-order valence-corrected chi connectivity index (χ2v) is 3.46. The van der Waals surface area contributed by atoms with Crippen LogP contribution in [0.3, 0.4) is 0 Å². The van der Waals surface area contributed by atoms with E-state index in [0.717, 1.165) is 0 Å². The predicted molar refractivity (Wildman–Crippen MR) is 46.4 cm³/mol. The molecular formula is C6H4F3IN2O. The Labute approximate surface area is 85.1 Å². The molecule has 0 aliphatic heterocycles. The lowest BCUT2D eigenvalue weighted by atomic mass is 10.5. The van der Waals surface area contributed by atoms with Crippen molar-refractivity contribution in [3.8, 4) is 0 Å². The van der Waals surface area contributed by atoms with Crippen LogP contribution < -0.4 is 0 Å². The summed E-state index contributed by atoms with van der Waals surface area (Å²) < 4.78 is 36.6. The van der Waals surface area contributed by atoms with Crippen LogP contribution in [0, 0.1) is 3.57 Å². The van der Waals surface area contributed by atoms with Crippen LogP contribution in [0.5, 0.6) is 0 Å². The molecule has 13 heavy (non-hydrogen) atoms. The third kappa shape index (κ3) is 2.98. The molecule has 1 aromatic heterocycles. The first-order valence-electron chi connectivity index (χ1n) is 3.17. The number of carbonyl (C=O) groups excluding carboxylic acids is 1. The molecule has 0 aromatic carbocycles. The van der Waals surface area contributed by atoms with Crippen molar-refractivity contribution in [2.75, 3.05) is 0 Å². The van der Waals surface area contributed by atoms with Crippen molar-refractivity contribution in [1.82, 2.24) is 9.78 Å². The standard InChI is InChI=1S/C6H4F3IN2O/c7-6(8,9)3-12-1-4(10)5(2-13)11-12/h1-2H,3H2. The fraction of sp³-hybridized carbons (Fsp3) is 0.333. The minimum atomic E-state index is -4.31. The molecule has 0 unspecified atom stereocenters. The normalized spacial score (nSPS) is 11.7. The monoisotopic (exact) mass is 304 g/mol. The van der Waals surface area contributed by atoms with E-state index in [2.05, 4.69) is 5.10 Å². The summed E-state index contributed by atoms with van der Waals surface area (Å²) >= 11 is 1.75. The number of aldehydes is 1. The molecule has 0 amide bonds. The molecule has 0 saturated heterocycles. The van der Waals surface area contributed by atoms with Gasteiger partial charge in [0.25, 0.3) is 0 Å². The molecule has 72 valence electrons. The van der Waals surface area contributed by atoms with Crippen LogP contribution in [0.1, 0.15) is 10.5 Å². The molecule has 7 heteroatoms. The van der Waals surface area contributed by atoms with E-state index in [1.165, 1.54) is 6.20 Å². The molecule has 0 aliphatic rings. The van der Waals surface area contributed by atoms with Gasteiger partial charge in [0.15, 0.2) is 6.29 Å². The average Bonchev–Trinajstić information content (AvgIpc) is 2.26. The van der Waals surface area contributed by atoms with Gasteiger partial charge in [0.2, 0.25) is 0 Å². The minimum Gasteiger partial charge on any atom is -0.296 e. The van der Waals surface area contributed by atoms with Crippen LogP contribution in [-0.2, 0) is 6.54 Å². The Morgan fingerprint density at radius 1 is 1.62 bits per heavy atom. The minimum absolute atomic E-state index is 0.0323. The zero-order valence-corrected chi connectivity index (χ0v) is 8.33. The number of carbonyl (C=O) groups is 1. The summed E-state index contributed by atoms with van der Waals surface area (Å²) in [7, 11) is 0. The number of aromatic nitrogens is 2. The van der Waals surface area contributed by atoms with Crippen molar-refractivity contribution in [3.05, 3.63) is 15.5 Å². The highest BCUT2D eigenvalue weighted by Gasteiger charge is 2.28. The van der Waals surface area contributed by atoms with E-state index in [-0.39, 0.29) is 5.69 Å². The van der Waals surface area contributed by atoms with E-state index < -0.39 is 12.7 Å². The quantitative estimate of drug-likeness (QED) is 0.617. The highest BCUT2D eigenvalue weighted by molar-refractivity contribution is 14.1. The number of halogens is 4. The lowest BCUT2D eigenvalue weighted by molar-refractivity contribution is -0.142. The van der Waals surface area contributed by atoms with Crippen molar-refractivity contribution < 1.29 is 18.0 Å². The maximum atomic E-state index is 11.8. The van der Waals surface area contributed by atoms with E-state index in [9.17, 15) is 18.0 Å². The van der Waals surface area contributed by atoms with E-state index in [1.807, 2.05) is 0 Å². The van der Waals surface area contributed by atoms with Gasteiger partial charge in [-0.05, 0) is 22.6 Å². The number of rotatable bonds is 2. The first kappa shape index (κ1) is 10.5. The Kier molecular flexibility index (Phi) is 2.94. The van der Waals surface area contributed by atoms with Gasteiger partial charge >= 0.3 is 6.18 Å². The Bertz CT molecular complexity index is 320. The average molecular weight is 304 g/mol. The molecule has 0 spiro atoms. The summed E-state index contributed by atoms with van der Waals surface area (Å²) in [6.07, 6.45) is -2.71. The Hall–Kier alpha value is -0.600. The van der Waals surface area contributed by atoms with Gasteiger partial charge < -0.3 is 0 Å². The highest BCUT2D eigenvalue weighted by Crippen LogP contribution is 2.18. The second kappa shape index (κ2) is 3.64. The molecule has 0 fully saturated rings. The van der Waals surface area contributed by atoms with Crippen LogP contribution >= 0.6 is 22.6 Å². The summed E-state index contributed by atoms with van der Waals surface area (Å²) in [6.45, 7) is -1.17. The van der Waals surface area contributed by atoms with Gasteiger partial charge in [0.05, 0.1) is 3.57 Å². The molecule has 0 N–H and O–H groups in total. The SMILES string of the molecule is O=Cc1nn(CC(F)(F)F)cc1I. The van der Waals surface area contributed by atoms with E-state index in [0.29, 0.717) is 14.5 Å². The Morgan fingerprint density at radius 2 is 2.23 bits per heavy atom. The van der Waals surface area contributed by atoms with Crippen molar-refractivity contribution in [1.29, 1.82) is 0 Å². The molecule has 0 aliphatic carbocycles. The maximum absolute atomic E-state index is 11.8. The first-order chi connectivity index (χ1) is 5.92. The van der Waals surface area contributed by atoms with Gasteiger partial charge in [0, 0.05) is 6.20 Å². The van der Waals surface area contributed by atoms with E-state index in [4.69, 9.17) is 0 Å². The summed E-state index contributed by atoms with van der Waals surface area (Å²) in [5, 5.41) is 3.43. The van der Waals surface area contributed by atoms with Crippen LogP contribution in [0.4, 0.5) is 13.2 Å². The maximum Gasteiger partial charge on any atom is 0.408 e. The van der Waals surface area contributed by atoms with Gasteiger partial charge in [-0.3, -0.25) is 9.48 Å². The molecule has 1 rings (SSSR count). The van der Waals surface area contributed by atoms with Gasteiger partial charge in [-0.15, -0.1) is 0 Å². The fourth-order valence-electron chi connectivity index (χ4n) is 0.757. The summed E-state index contributed by atoms with van der Waals surface area (Å²) in [4.78, 5) is 10.2. The van der Waals surface area contributed by atoms with Gasteiger partial charge in [-0.25, -0.2) is 0 Å². The largest absolute Gasteiger partial charge is 0.408 e. The topological polar surface area (TPSA) is 34.9 Å². The zero-order chi connectivity index (χ0) is 10.1. The van der Waals surface area contributed by atoms with Crippen molar-refractivity contribution in [2.24, 2.45) is 0 Å². The summed E-state index contributed by atoms with van der Waals surface area (Å²) in [5.41, 5.74) is 0.0323. The van der Waals surface area contributed by atoms with Crippen LogP contribution in [0.15, 0.2) is 6.20 Å². The van der Waals surface area contributed by atoms with Crippen molar-refractivity contribution in [2.45, 2.75) is 12.7 Å². The van der Waals surface area contributed by atoms with E-state index >= 15 is 0 Å². The first-order valence-corrected chi connectivity index (χ1v) is 4.25. The number of hydrogen-bond acceptors (Lipinski definition) is 2. The third-order valence-electron chi connectivity index (χ3n) is 1.20. The Balaban J connectivity index is 2.85. The molecule has 0 saturated carbocycles. The zero-order valence-electron chi connectivity index (χ0n) is 6.18. The molecule has 3 nitrogen and oxygen atoms in total. The van der Waals surface area contributed by atoms with Crippen molar-refractivity contribution in [3.63, 3.8) is 0 Å². The number of hydrogen-bond donors (Lipinski definition) is 0. The summed E-state index contributed by atoms with van der Waals surface area (Å²) in [5.74, 6) is 0. The van der Waals surface area contributed by atoms with Crippen LogP contribution in [0.25, 0.3) is 0 Å². The smallest absolute Gasteiger partial charge is 0.296 e. The molecule has 1 aromatic rings. The number of nitrogens with zero attached hydrogens (tertiary/aromatic N) is 2. The lowest BCUT2D eigenvalue weighted by Gasteiger charge is -2.04. The van der Waals surface area contributed by atoms with Crippen molar-refractivity contribution >= 4 is 28.9 Å². The molecule has 0 bridgehead atoms. The lowest BCUT2D eigenvalue weighted by Crippen LogP contribution is -2.18. The molecule has 0 atom stereocenters. The predicted octanol–water partition coefficient (Wildman–Crippen LogP) is 1.86. The van der Waals surface area contributed by atoms with Gasteiger partial charge in [0.1, 0.15) is 12.2 Å². The second-order valence-electron chi connectivity index (χ2n) is 2.29. The van der Waals surface area contributed by atoms with Crippen LogP contribution in [-0.4, -0.2) is 22.2 Å². The molecular weight excluding hydrogens is 300 g/mol. The molecule has 1 heterocycles. The van der Waals surface area contributed by atoms with E-state index in [1.54, 1.807) is 22.6 Å². The van der Waals surface area contributed by atoms with Crippen LogP contribution in [0.2, 0.25) is 0 Å².